The third-order valence-corrected chi connectivity index (χ3v) is 3.53. The molecule has 0 radical (unpaired) electrons. The molecule has 1 aliphatic heterocycles. The zero-order valence-electron chi connectivity index (χ0n) is 12.9. The van der Waals surface area contributed by atoms with Crippen LogP contribution in [0.5, 0.6) is 5.75 Å². The highest BCUT2D eigenvalue weighted by Crippen LogP contribution is 2.22. The molecule has 1 N–H and O–H groups in total. The van der Waals surface area contributed by atoms with Gasteiger partial charge in [-0.3, -0.25) is 4.79 Å². The molecule has 1 amide bonds. The first-order chi connectivity index (χ1) is 11.2. The maximum atomic E-state index is 11.8. The van der Waals surface area contributed by atoms with Crippen LogP contribution in [0.25, 0.3) is 11.5 Å². The summed E-state index contributed by atoms with van der Waals surface area (Å²) < 4.78 is 16.1. The number of carbonyl (C=O) groups is 1. The highest BCUT2D eigenvalue weighted by Gasteiger charge is 2.16. The van der Waals surface area contributed by atoms with Crippen LogP contribution in [-0.4, -0.2) is 41.9 Å². The van der Waals surface area contributed by atoms with Crippen molar-refractivity contribution in [3.63, 3.8) is 0 Å². The molecule has 1 aliphatic rings. The Bertz CT molecular complexity index is 665. The van der Waals surface area contributed by atoms with Crippen molar-refractivity contribution in [3.8, 4) is 17.2 Å². The molecular formula is C16H19N3O4. The summed E-state index contributed by atoms with van der Waals surface area (Å²) in [4.78, 5) is 16.0. The van der Waals surface area contributed by atoms with E-state index in [1.54, 1.807) is 19.1 Å². The fourth-order valence-electron chi connectivity index (χ4n) is 2.37. The van der Waals surface area contributed by atoms with Gasteiger partial charge in [-0.25, -0.2) is 0 Å². The summed E-state index contributed by atoms with van der Waals surface area (Å²) in [5, 5.41) is 6.57. The second kappa shape index (κ2) is 7.23. The molecule has 1 saturated heterocycles. The lowest BCUT2D eigenvalue weighted by Crippen LogP contribution is -2.35. The van der Waals surface area contributed by atoms with E-state index in [9.17, 15) is 4.79 Å². The zero-order chi connectivity index (χ0) is 16.1. The summed E-state index contributed by atoms with van der Waals surface area (Å²) in [5.41, 5.74) is 0.753. The van der Waals surface area contributed by atoms with E-state index in [2.05, 4.69) is 15.5 Å². The van der Waals surface area contributed by atoms with Crippen LogP contribution >= 0.6 is 0 Å². The molecule has 0 bridgehead atoms. The van der Waals surface area contributed by atoms with Crippen molar-refractivity contribution in [1.82, 2.24) is 15.5 Å². The van der Waals surface area contributed by atoms with E-state index in [0.717, 1.165) is 25.0 Å². The average molecular weight is 317 g/mol. The van der Waals surface area contributed by atoms with E-state index in [4.69, 9.17) is 14.0 Å². The summed E-state index contributed by atoms with van der Waals surface area (Å²) in [6.07, 6.45) is 2.18. The molecule has 1 atom stereocenters. The Labute approximate surface area is 134 Å². The molecule has 1 aromatic heterocycles. The third-order valence-electron chi connectivity index (χ3n) is 3.53. The number of ether oxygens (including phenoxy) is 2. The van der Waals surface area contributed by atoms with Crippen molar-refractivity contribution < 1.29 is 18.8 Å². The van der Waals surface area contributed by atoms with Gasteiger partial charge in [0.25, 0.3) is 11.8 Å². The lowest BCUT2D eigenvalue weighted by Gasteiger charge is -2.11. The SMILES string of the molecule is Cc1noc(-c2cccc(OCC(=O)NC[C@@H]3CCCO3)c2)n1. The second-order valence-corrected chi connectivity index (χ2v) is 5.40. The molecule has 1 aromatic carbocycles. The van der Waals surface area contributed by atoms with Gasteiger partial charge in [-0.2, -0.15) is 4.98 Å². The van der Waals surface area contributed by atoms with Crippen molar-refractivity contribution in [3.05, 3.63) is 30.1 Å². The first kappa shape index (κ1) is 15.5. The molecule has 2 heterocycles. The van der Waals surface area contributed by atoms with Gasteiger partial charge >= 0.3 is 0 Å². The second-order valence-electron chi connectivity index (χ2n) is 5.40. The normalized spacial score (nSPS) is 17.2. The summed E-state index contributed by atoms with van der Waals surface area (Å²) in [5.74, 6) is 1.40. The van der Waals surface area contributed by atoms with Crippen LogP contribution in [0.3, 0.4) is 0 Å². The summed E-state index contributed by atoms with van der Waals surface area (Å²) in [6.45, 7) is 3.02. The minimum absolute atomic E-state index is 0.0426. The van der Waals surface area contributed by atoms with Gasteiger partial charge in [0.05, 0.1) is 6.10 Å². The highest BCUT2D eigenvalue weighted by atomic mass is 16.5. The summed E-state index contributed by atoms with van der Waals surface area (Å²) in [6, 6.07) is 7.20. The number of aromatic nitrogens is 2. The van der Waals surface area contributed by atoms with Crippen LogP contribution < -0.4 is 10.1 Å². The standard InChI is InChI=1S/C16H19N3O4/c1-11-18-16(23-19-11)12-4-2-5-13(8-12)22-10-15(20)17-9-14-6-3-7-21-14/h2,4-5,8,14H,3,6-7,9-10H2,1H3,(H,17,20)/t14-/m0/s1. The minimum Gasteiger partial charge on any atom is -0.484 e. The predicted molar refractivity (Wildman–Crippen MR) is 81.9 cm³/mol. The number of benzene rings is 1. The van der Waals surface area contributed by atoms with Gasteiger partial charge < -0.3 is 19.3 Å². The van der Waals surface area contributed by atoms with Gasteiger partial charge in [-0.15, -0.1) is 0 Å². The molecule has 1 fully saturated rings. The van der Waals surface area contributed by atoms with Crippen LogP contribution in [0.1, 0.15) is 18.7 Å². The number of hydrogen-bond acceptors (Lipinski definition) is 6. The first-order valence-corrected chi connectivity index (χ1v) is 7.62. The fraction of sp³-hybridized carbons (Fsp3) is 0.438. The summed E-state index contributed by atoms with van der Waals surface area (Å²) in [7, 11) is 0. The molecule has 0 spiro atoms. The summed E-state index contributed by atoms with van der Waals surface area (Å²) >= 11 is 0. The van der Waals surface area contributed by atoms with Gasteiger partial charge in [0, 0.05) is 18.7 Å². The largest absolute Gasteiger partial charge is 0.484 e. The minimum atomic E-state index is -0.167. The quantitative estimate of drug-likeness (QED) is 0.873. The number of rotatable bonds is 6. The Kier molecular flexibility index (Phi) is 4.87. The molecule has 0 saturated carbocycles. The van der Waals surface area contributed by atoms with E-state index in [1.807, 2.05) is 12.1 Å². The third kappa shape index (κ3) is 4.29. The van der Waals surface area contributed by atoms with Gasteiger partial charge in [-0.1, -0.05) is 11.2 Å². The maximum Gasteiger partial charge on any atom is 0.258 e. The van der Waals surface area contributed by atoms with Crippen LogP contribution in [0.4, 0.5) is 0 Å². The molecule has 7 nitrogen and oxygen atoms in total. The number of hydrogen-bond donors (Lipinski definition) is 1. The van der Waals surface area contributed by atoms with Crippen LogP contribution in [0.2, 0.25) is 0 Å². The molecule has 7 heteroatoms. The Morgan fingerprint density at radius 2 is 2.39 bits per heavy atom. The lowest BCUT2D eigenvalue weighted by atomic mass is 10.2. The van der Waals surface area contributed by atoms with Crippen LogP contribution in [-0.2, 0) is 9.53 Å². The van der Waals surface area contributed by atoms with Crippen molar-refractivity contribution in [2.45, 2.75) is 25.9 Å². The topological polar surface area (TPSA) is 86.5 Å². The molecule has 2 aromatic rings. The monoisotopic (exact) mass is 317 g/mol. The Morgan fingerprint density at radius 3 is 3.13 bits per heavy atom. The van der Waals surface area contributed by atoms with E-state index in [0.29, 0.717) is 24.0 Å². The van der Waals surface area contributed by atoms with Gasteiger partial charge in [-0.05, 0) is 38.0 Å². The molecule has 0 unspecified atom stereocenters. The Hall–Kier alpha value is -2.41. The molecule has 0 aliphatic carbocycles. The fourth-order valence-corrected chi connectivity index (χ4v) is 2.37. The van der Waals surface area contributed by atoms with Gasteiger partial charge in [0.1, 0.15) is 5.75 Å². The van der Waals surface area contributed by atoms with E-state index >= 15 is 0 Å². The number of carbonyl (C=O) groups excluding carboxylic acids is 1. The Balaban J connectivity index is 1.50. The van der Waals surface area contributed by atoms with E-state index in [1.165, 1.54) is 0 Å². The number of amides is 1. The lowest BCUT2D eigenvalue weighted by molar-refractivity contribution is -0.123. The number of aryl methyl sites for hydroxylation is 1. The average Bonchev–Trinajstić information content (AvgIpc) is 3.23. The smallest absolute Gasteiger partial charge is 0.258 e. The zero-order valence-corrected chi connectivity index (χ0v) is 12.9. The van der Waals surface area contributed by atoms with Crippen molar-refractivity contribution in [2.24, 2.45) is 0 Å². The van der Waals surface area contributed by atoms with Crippen LogP contribution in [0.15, 0.2) is 28.8 Å². The highest BCUT2D eigenvalue weighted by molar-refractivity contribution is 5.77. The van der Waals surface area contributed by atoms with E-state index in [-0.39, 0.29) is 18.6 Å². The van der Waals surface area contributed by atoms with Gasteiger partial charge in [0.15, 0.2) is 12.4 Å². The maximum absolute atomic E-state index is 11.8. The van der Waals surface area contributed by atoms with Crippen molar-refractivity contribution >= 4 is 5.91 Å². The van der Waals surface area contributed by atoms with Crippen molar-refractivity contribution in [1.29, 1.82) is 0 Å². The number of nitrogens with one attached hydrogen (secondary N) is 1. The van der Waals surface area contributed by atoms with Gasteiger partial charge in [0.2, 0.25) is 0 Å². The number of nitrogens with zero attached hydrogens (tertiary/aromatic N) is 2. The molecular weight excluding hydrogens is 298 g/mol. The predicted octanol–water partition coefficient (Wildman–Crippen LogP) is 1.72. The van der Waals surface area contributed by atoms with Crippen molar-refractivity contribution in [2.75, 3.05) is 19.8 Å². The Morgan fingerprint density at radius 1 is 1.48 bits per heavy atom. The first-order valence-electron chi connectivity index (χ1n) is 7.62. The van der Waals surface area contributed by atoms with E-state index < -0.39 is 0 Å². The molecule has 122 valence electrons. The molecule has 23 heavy (non-hydrogen) atoms. The van der Waals surface area contributed by atoms with Crippen LogP contribution in [0, 0.1) is 6.92 Å². The molecule has 3 rings (SSSR count).